The summed E-state index contributed by atoms with van der Waals surface area (Å²) >= 11 is 0. The Hall–Kier alpha value is -6.73. The average molecular weight is 614 g/mol. The maximum absolute atomic E-state index is 5.05. The molecule has 0 saturated carbocycles. The fourth-order valence-corrected chi connectivity index (χ4v) is 6.87. The van der Waals surface area contributed by atoms with Crippen molar-refractivity contribution < 1.29 is 0 Å². The first-order chi connectivity index (χ1) is 23.8. The lowest BCUT2D eigenvalue weighted by molar-refractivity contribution is 0.983. The number of pyridine rings is 1. The average Bonchev–Trinajstić information content (AvgIpc) is 3.18. The minimum atomic E-state index is 0.320. The number of fused-ring (bicyclic) bond motifs is 12. The maximum atomic E-state index is 5.05. The largest absolute Gasteiger partial charge is 0.256 e. The van der Waals surface area contributed by atoms with Crippen molar-refractivity contribution in [1.29, 1.82) is 0 Å². The molecule has 10 rings (SSSR count). The van der Waals surface area contributed by atoms with Crippen molar-refractivity contribution in [2.45, 2.75) is 0 Å². The van der Waals surface area contributed by atoms with E-state index in [4.69, 9.17) is 30.0 Å². The summed E-state index contributed by atoms with van der Waals surface area (Å²) in [4.78, 5) is 24.6. The second-order valence-electron chi connectivity index (χ2n) is 11.8. The Morgan fingerprint density at radius 3 is 1.54 bits per heavy atom. The lowest BCUT2D eigenvalue weighted by Crippen LogP contribution is -2.04. The van der Waals surface area contributed by atoms with E-state index in [9.17, 15) is 0 Å². The van der Waals surface area contributed by atoms with Gasteiger partial charge in [0.2, 0.25) is 11.6 Å². The van der Waals surface area contributed by atoms with Gasteiger partial charge in [-0.25, -0.2) is 19.9 Å². The number of nitrogens with zero attached hydrogens (tertiary/aromatic N) is 7. The van der Waals surface area contributed by atoms with Gasteiger partial charge in [0.1, 0.15) is 11.0 Å². The summed E-state index contributed by atoms with van der Waals surface area (Å²) < 4.78 is 0. The van der Waals surface area contributed by atoms with Gasteiger partial charge in [0.05, 0.1) is 5.52 Å². The van der Waals surface area contributed by atoms with Crippen LogP contribution in [0.1, 0.15) is 0 Å². The molecule has 0 atom stereocenters. The molecule has 0 unspecified atom stereocenters. The molecule has 0 saturated heterocycles. The van der Waals surface area contributed by atoms with E-state index in [-0.39, 0.29) is 0 Å². The zero-order valence-corrected chi connectivity index (χ0v) is 25.4. The van der Waals surface area contributed by atoms with Gasteiger partial charge in [-0.2, -0.15) is 0 Å². The van der Waals surface area contributed by atoms with E-state index in [1.807, 2.05) is 60.7 Å². The van der Waals surface area contributed by atoms with Gasteiger partial charge in [0.15, 0.2) is 11.6 Å². The predicted octanol–water partition coefficient (Wildman–Crippen LogP) is 9.37. The first-order valence-corrected chi connectivity index (χ1v) is 15.8. The zero-order valence-electron chi connectivity index (χ0n) is 25.4. The molecule has 222 valence electrons. The van der Waals surface area contributed by atoms with Crippen molar-refractivity contribution >= 4 is 65.0 Å². The lowest BCUT2D eigenvalue weighted by atomic mass is 9.93. The van der Waals surface area contributed by atoms with E-state index < -0.39 is 0 Å². The number of hydrogen-bond donors (Lipinski definition) is 0. The van der Waals surface area contributed by atoms with Crippen molar-refractivity contribution in [2.75, 3.05) is 0 Å². The van der Waals surface area contributed by atoms with E-state index >= 15 is 0 Å². The summed E-state index contributed by atoms with van der Waals surface area (Å²) in [6, 6.07) is 45.5. The van der Waals surface area contributed by atoms with Gasteiger partial charge in [0.25, 0.3) is 0 Å². The molecule has 0 aliphatic heterocycles. The van der Waals surface area contributed by atoms with E-state index in [1.165, 1.54) is 26.9 Å². The van der Waals surface area contributed by atoms with Crippen LogP contribution in [0, 0.1) is 0 Å². The number of benzene rings is 7. The van der Waals surface area contributed by atoms with Crippen LogP contribution in [0.2, 0.25) is 0 Å². The van der Waals surface area contributed by atoms with Crippen molar-refractivity contribution in [3.05, 3.63) is 140 Å². The molecule has 0 aliphatic rings. The molecule has 0 radical (unpaired) electrons. The normalized spacial score (nSPS) is 11.8. The summed E-state index contributed by atoms with van der Waals surface area (Å²) in [5.41, 5.74) is 4.02. The second-order valence-corrected chi connectivity index (χ2v) is 11.8. The van der Waals surface area contributed by atoms with Crippen LogP contribution in [0.4, 0.5) is 0 Å². The maximum Gasteiger partial charge on any atom is 0.220 e. The van der Waals surface area contributed by atoms with Gasteiger partial charge < -0.3 is 0 Å². The molecule has 7 heteroatoms. The number of rotatable bonds is 3. The van der Waals surface area contributed by atoms with Crippen LogP contribution in [-0.4, -0.2) is 35.1 Å². The Bertz CT molecular complexity index is 2660. The first kappa shape index (κ1) is 26.5. The molecule has 0 bridgehead atoms. The summed E-state index contributed by atoms with van der Waals surface area (Å²) in [6.45, 7) is 0. The van der Waals surface area contributed by atoms with Gasteiger partial charge in [-0.05, 0) is 50.5 Å². The molecular weight excluding hydrogens is 591 g/mol. The fraction of sp³-hybridized carbons (Fsp3) is 0. The molecule has 7 nitrogen and oxygen atoms in total. The minimum absolute atomic E-state index is 0.320. The molecule has 48 heavy (non-hydrogen) atoms. The number of aromatic nitrogens is 7. The van der Waals surface area contributed by atoms with Crippen molar-refractivity contribution in [3.8, 4) is 34.4 Å². The number of hydrogen-bond acceptors (Lipinski definition) is 7. The predicted molar refractivity (Wildman–Crippen MR) is 192 cm³/mol. The molecule has 0 fully saturated rings. The summed E-state index contributed by atoms with van der Waals surface area (Å²) in [5, 5.41) is 19.3. The third kappa shape index (κ3) is 4.04. The van der Waals surface area contributed by atoms with Crippen LogP contribution in [-0.2, 0) is 0 Å². The smallest absolute Gasteiger partial charge is 0.220 e. The van der Waals surface area contributed by atoms with Crippen LogP contribution in [0.5, 0.6) is 0 Å². The summed E-state index contributed by atoms with van der Waals surface area (Å²) in [5.74, 6) is 1.74. The van der Waals surface area contributed by atoms with Crippen LogP contribution >= 0.6 is 0 Å². The Labute approximate surface area is 273 Å². The van der Waals surface area contributed by atoms with Crippen LogP contribution < -0.4 is 0 Å². The Balaban J connectivity index is 1.23. The standard InChI is InChI=1S/C41H23N7/c1-2-11-24(12-3-1)38-44-39(25-20-21-30-28-15-5-4-13-26(28)27-14-6-7-16-29(27)34(30)23-25)46-40(45-38)41-43-36-33-19-10-22-42-35(33)31-17-8-9-18-32(31)37(36)47-48-41/h1-23H. The monoisotopic (exact) mass is 613 g/mol. The highest BCUT2D eigenvalue weighted by atomic mass is 15.2. The van der Waals surface area contributed by atoms with Crippen molar-refractivity contribution in [2.24, 2.45) is 0 Å². The highest BCUT2D eigenvalue weighted by Gasteiger charge is 2.19. The Morgan fingerprint density at radius 2 is 0.833 bits per heavy atom. The Morgan fingerprint density at radius 1 is 0.292 bits per heavy atom. The van der Waals surface area contributed by atoms with Crippen molar-refractivity contribution in [1.82, 2.24) is 35.1 Å². The minimum Gasteiger partial charge on any atom is -0.256 e. The molecule has 0 spiro atoms. The molecule has 3 aromatic heterocycles. The van der Waals surface area contributed by atoms with Crippen molar-refractivity contribution in [3.63, 3.8) is 0 Å². The first-order valence-electron chi connectivity index (χ1n) is 15.8. The van der Waals surface area contributed by atoms with E-state index in [2.05, 4.69) is 77.9 Å². The van der Waals surface area contributed by atoms with Gasteiger partial charge in [-0.1, -0.05) is 115 Å². The van der Waals surface area contributed by atoms with E-state index in [1.54, 1.807) is 6.20 Å². The van der Waals surface area contributed by atoms with Crippen LogP contribution in [0.15, 0.2) is 140 Å². The summed E-state index contributed by atoms with van der Waals surface area (Å²) in [7, 11) is 0. The fourth-order valence-electron chi connectivity index (χ4n) is 6.87. The third-order valence-corrected chi connectivity index (χ3v) is 9.06. The quantitative estimate of drug-likeness (QED) is 0.183. The molecule has 0 amide bonds. The molecule has 3 heterocycles. The van der Waals surface area contributed by atoms with Gasteiger partial charge in [0, 0.05) is 33.5 Å². The topological polar surface area (TPSA) is 90.2 Å². The second kappa shape index (κ2) is 10.4. The van der Waals surface area contributed by atoms with Crippen LogP contribution in [0.25, 0.3) is 99.5 Å². The van der Waals surface area contributed by atoms with Gasteiger partial charge in [-0.15, -0.1) is 10.2 Å². The van der Waals surface area contributed by atoms with E-state index in [0.717, 1.165) is 38.2 Å². The van der Waals surface area contributed by atoms with E-state index in [0.29, 0.717) is 34.3 Å². The molecule has 7 aromatic carbocycles. The molecule has 0 aliphatic carbocycles. The molecular formula is C41H23N7. The van der Waals surface area contributed by atoms with Crippen LogP contribution in [0.3, 0.4) is 0 Å². The van der Waals surface area contributed by atoms with Gasteiger partial charge >= 0.3 is 0 Å². The SMILES string of the molecule is c1ccc(-c2nc(-c3ccc4c5ccccc5c5ccccc5c4c3)nc(-c3nnc4c5ccccc5c5ncccc5c4n3)n2)cc1. The molecule has 0 N–H and O–H groups in total. The van der Waals surface area contributed by atoms with Gasteiger partial charge in [-0.3, -0.25) is 4.98 Å². The lowest BCUT2D eigenvalue weighted by Gasteiger charge is -2.12. The summed E-state index contributed by atoms with van der Waals surface area (Å²) in [6.07, 6.45) is 1.80. The third-order valence-electron chi connectivity index (χ3n) is 9.06. The zero-order chi connectivity index (χ0) is 31.6. The highest BCUT2D eigenvalue weighted by Crippen LogP contribution is 2.37. The Kier molecular flexibility index (Phi) is 5.74. The molecule has 10 aromatic rings. The highest BCUT2D eigenvalue weighted by molar-refractivity contribution is 6.26.